The van der Waals surface area contributed by atoms with Crippen molar-refractivity contribution in [3.63, 3.8) is 0 Å². The topological polar surface area (TPSA) is 29.5 Å². The SMILES string of the molecule is CC(C)(C)c1cc(C(C)(C)C)c2c(c1)oc1ccc(N(c3ccc4c(c3)C(C)(C)c3ccccc3-4)c3ccc(-c4ccccc4)c4oc5ccccc5c34)cc12. The van der Waals surface area contributed by atoms with Gasteiger partial charge in [-0.25, -0.2) is 0 Å². The van der Waals surface area contributed by atoms with Gasteiger partial charge in [-0.2, -0.15) is 0 Å². The molecule has 7 aromatic carbocycles. The zero-order valence-electron chi connectivity index (χ0n) is 33.5. The summed E-state index contributed by atoms with van der Waals surface area (Å²) in [6, 6.07) is 50.8. The molecule has 2 aromatic heterocycles. The Balaban J connectivity index is 1.28. The predicted octanol–water partition coefficient (Wildman–Crippen LogP) is 15.5. The zero-order chi connectivity index (χ0) is 38.7. The van der Waals surface area contributed by atoms with Crippen LogP contribution in [0.1, 0.15) is 77.6 Å². The van der Waals surface area contributed by atoms with Gasteiger partial charge in [-0.15, -0.1) is 0 Å². The summed E-state index contributed by atoms with van der Waals surface area (Å²) in [6.07, 6.45) is 0. The molecule has 56 heavy (non-hydrogen) atoms. The van der Waals surface area contributed by atoms with Crippen molar-refractivity contribution in [1.29, 1.82) is 0 Å². The molecule has 0 spiro atoms. The molecule has 0 saturated heterocycles. The smallest absolute Gasteiger partial charge is 0.145 e. The fourth-order valence-electron chi connectivity index (χ4n) is 9.16. The molecule has 10 rings (SSSR count). The van der Waals surface area contributed by atoms with Gasteiger partial charge in [0.05, 0.1) is 11.1 Å². The van der Waals surface area contributed by atoms with E-state index in [1.807, 2.05) is 0 Å². The molecule has 1 aliphatic carbocycles. The first-order valence-electron chi connectivity index (χ1n) is 19.8. The molecular weight excluding hydrogens is 683 g/mol. The molecule has 0 unspecified atom stereocenters. The van der Waals surface area contributed by atoms with E-state index in [4.69, 9.17) is 8.83 Å². The van der Waals surface area contributed by atoms with Gasteiger partial charge in [0.25, 0.3) is 0 Å². The molecule has 2 heterocycles. The third-order valence-electron chi connectivity index (χ3n) is 12.1. The lowest BCUT2D eigenvalue weighted by atomic mass is 9.79. The van der Waals surface area contributed by atoms with Crippen molar-refractivity contribution in [2.24, 2.45) is 0 Å². The van der Waals surface area contributed by atoms with Crippen molar-refractivity contribution in [3.05, 3.63) is 162 Å². The maximum atomic E-state index is 6.82. The van der Waals surface area contributed by atoms with Crippen LogP contribution in [0.4, 0.5) is 17.1 Å². The Morgan fingerprint density at radius 3 is 1.93 bits per heavy atom. The molecule has 0 aliphatic heterocycles. The standard InChI is InChI=1S/C53H47NO2/c1-51(2,3)33-28-43(52(4,5)6)48-40-30-34(23-27-46(40)55-47(48)29-33)54(35-22-24-38-37-18-12-14-20-41(37)53(7,8)42(38)31-35)44-26-25-36(32-16-10-9-11-17-32)50-49(44)39-19-13-15-21-45(39)56-50/h9-31H,1-8H3. The molecule has 9 aromatic rings. The van der Waals surface area contributed by atoms with Gasteiger partial charge in [0.15, 0.2) is 0 Å². The van der Waals surface area contributed by atoms with Gasteiger partial charge in [0.2, 0.25) is 0 Å². The Bertz CT molecular complexity index is 3020. The zero-order valence-corrected chi connectivity index (χ0v) is 33.5. The van der Waals surface area contributed by atoms with Gasteiger partial charge in [0, 0.05) is 38.5 Å². The number of fused-ring (bicyclic) bond motifs is 9. The third kappa shape index (κ3) is 5.17. The van der Waals surface area contributed by atoms with Crippen LogP contribution < -0.4 is 4.90 Å². The van der Waals surface area contributed by atoms with E-state index in [1.165, 1.54) is 38.8 Å². The van der Waals surface area contributed by atoms with Gasteiger partial charge in [-0.05, 0) is 104 Å². The maximum Gasteiger partial charge on any atom is 0.145 e. The molecule has 1 aliphatic rings. The third-order valence-corrected chi connectivity index (χ3v) is 12.1. The van der Waals surface area contributed by atoms with Crippen LogP contribution in [0, 0.1) is 0 Å². The molecule has 3 nitrogen and oxygen atoms in total. The van der Waals surface area contributed by atoms with Crippen molar-refractivity contribution in [1.82, 2.24) is 0 Å². The largest absolute Gasteiger partial charge is 0.456 e. The first kappa shape index (κ1) is 34.4. The van der Waals surface area contributed by atoms with E-state index in [-0.39, 0.29) is 16.2 Å². The van der Waals surface area contributed by atoms with Crippen molar-refractivity contribution in [2.75, 3.05) is 4.90 Å². The maximum absolute atomic E-state index is 6.82. The Labute approximate surface area is 329 Å². The monoisotopic (exact) mass is 729 g/mol. The lowest BCUT2D eigenvalue weighted by molar-refractivity contribution is 0.569. The molecule has 0 saturated carbocycles. The van der Waals surface area contributed by atoms with Crippen molar-refractivity contribution >= 4 is 60.9 Å². The number of nitrogens with zero attached hydrogens (tertiary/aromatic N) is 1. The average molecular weight is 730 g/mol. The second-order valence-corrected chi connectivity index (χ2v) is 18.2. The summed E-state index contributed by atoms with van der Waals surface area (Å²) in [4.78, 5) is 2.44. The van der Waals surface area contributed by atoms with Gasteiger partial charge >= 0.3 is 0 Å². The first-order valence-corrected chi connectivity index (χ1v) is 19.8. The van der Waals surface area contributed by atoms with Gasteiger partial charge < -0.3 is 13.7 Å². The number of hydrogen-bond acceptors (Lipinski definition) is 3. The highest BCUT2D eigenvalue weighted by atomic mass is 16.3. The summed E-state index contributed by atoms with van der Waals surface area (Å²) in [5, 5.41) is 4.49. The van der Waals surface area contributed by atoms with Gasteiger partial charge in [-0.3, -0.25) is 0 Å². The first-order chi connectivity index (χ1) is 26.8. The van der Waals surface area contributed by atoms with Crippen LogP contribution in [0.15, 0.2) is 148 Å². The normalized spacial score (nSPS) is 13.9. The highest BCUT2D eigenvalue weighted by molar-refractivity contribution is 6.17. The Kier molecular flexibility index (Phi) is 7.36. The number of para-hydroxylation sites is 1. The molecule has 0 fully saturated rings. The second-order valence-electron chi connectivity index (χ2n) is 18.2. The van der Waals surface area contributed by atoms with E-state index in [0.29, 0.717) is 0 Å². The number of hydrogen-bond donors (Lipinski definition) is 0. The summed E-state index contributed by atoms with van der Waals surface area (Å²) in [5.41, 5.74) is 16.6. The molecule has 276 valence electrons. The highest BCUT2D eigenvalue weighted by Gasteiger charge is 2.36. The molecule has 0 N–H and O–H groups in total. The number of furan rings is 2. The summed E-state index contributed by atoms with van der Waals surface area (Å²) in [6.45, 7) is 18.5. The van der Waals surface area contributed by atoms with Crippen LogP contribution in [-0.4, -0.2) is 0 Å². The second kappa shape index (κ2) is 12.0. The lowest BCUT2D eigenvalue weighted by Crippen LogP contribution is -2.17. The quantitative estimate of drug-likeness (QED) is 0.181. The van der Waals surface area contributed by atoms with Crippen LogP contribution in [-0.2, 0) is 16.2 Å². The van der Waals surface area contributed by atoms with Crippen LogP contribution in [0.3, 0.4) is 0 Å². The molecule has 0 atom stereocenters. The Morgan fingerprint density at radius 1 is 0.482 bits per heavy atom. The molecule has 0 bridgehead atoms. The minimum absolute atomic E-state index is 0.0131. The predicted molar refractivity (Wildman–Crippen MR) is 236 cm³/mol. The van der Waals surface area contributed by atoms with Gasteiger partial charge in [-0.1, -0.05) is 140 Å². The minimum Gasteiger partial charge on any atom is -0.456 e. The Hall–Kier alpha value is -6.06. The molecule has 3 heteroatoms. The van der Waals surface area contributed by atoms with Crippen LogP contribution in [0.2, 0.25) is 0 Å². The highest BCUT2D eigenvalue weighted by Crippen LogP contribution is 2.53. The summed E-state index contributed by atoms with van der Waals surface area (Å²) >= 11 is 0. The molecular formula is C53H47NO2. The van der Waals surface area contributed by atoms with Gasteiger partial charge in [0.1, 0.15) is 22.3 Å². The summed E-state index contributed by atoms with van der Waals surface area (Å²) in [7, 11) is 0. The van der Waals surface area contributed by atoms with E-state index in [0.717, 1.165) is 66.7 Å². The van der Waals surface area contributed by atoms with Crippen LogP contribution >= 0.6 is 0 Å². The number of benzene rings is 7. The summed E-state index contributed by atoms with van der Waals surface area (Å²) < 4.78 is 13.6. The van der Waals surface area contributed by atoms with Crippen LogP contribution in [0.25, 0.3) is 66.1 Å². The van der Waals surface area contributed by atoms with E-state index in [9.17, 15) is 0 Å². The van der Waals surface area contributed by atoms with E-state index >= 15 is 0 Å². The molecule has 0 radical (unpaired) electrons. The van der Waals surface area contributed by atoms with Crippen molar-refractivity contribution < 1.29 is 8.83 Å². The van der Waals surface area contributed by atoms with E-state index in [2.05, 4.69) is 200 Å². The number of rotatable bonds is 4. The lowest BCUT2D eigenvalue weighted by Gasteiger charge is -2.29. The van der Waals surface area contributed by atoms with E-state index < -0.39 is 0 Å². The fourth-order valence-corrected chi connectivity index (χ4v) is 9.16. The molecule has 0 amide bonds. The fraction of sp³-hybridized carbons (Fsp3) is 0.208. The minimum atomic E-state index is -0.153. The van der Waals surface area contributed by atoms with Crippen molar-refractivity contribution in [3.8, 4) is 22.3 Å². The Morgan fingerprint density at radius 2 is 1.14 bits per heavy atom. The average Bonchev–Trinajstić information content (AvgIpc) is 3.82. The van der Waals surface area contributed by atoms with E-state index in [1.54, 1.807) is 0 Å². The van der Waals surface area contributed by atoms with Crippen LogP contribution in [0.5, 0.6) is 0 Å². The summed E-state index contributed by atoms with van der Waals surface area (Å²) in [5.74, 6) is 0. The number of anilines is 3. The van der Waals surface area contributed by atoms with Crippen molar-refractivity contribution in [2.45, 2.75) is 71.6 Å².